The highest BCUT2D eigenvalue weighted by Gasteiger charge is 2.39. The topological polar surface area (TPSA) is 27.7 Å². The molecule has 0 N–H and O–H groups in total. The van der Waals surface area contributed by atoms with E-state index in [1.165, 1.54) is 6.07 Å². The van der Waals surface area contributed by atoms with Crippen LogP contribution in [0.2, 0.25) is 0 Å². The number of hydrogen-bond donors (Lipinski definition) is 0. The summed E-state index contributed by atoms with van der Waals surface area (Å²) in [6.07, 6.45) is 1.44. The van der Waals surface area contributed by atoms with Gasteiger partial charge in [-0.05, 0) is 68.1 Å². The normalized spacial score (nSPS) is 24.6. The van der Waals surface area contributed by atoms with E-state index in [0.717, 1.165) is 36.3 Å². The number of rotatable bonds is 2. The third kappa shape index (κ3) is 3.26. The molecular formula is C20H20F2O3. The van der Waals surface area contributed by atoms with E-state index in [2.05, 4.69) is 0 Å². The average Bonchev–Trinajstić information content (AvgIpc) is 2.96. The van der Waals surface area contributed by atoms with E-state index in [1.807, 2.05) is 26.0 Å². The minimum Gasteiger partial charge on any atom is -0.487 e. The summed E-state index contributed by atoms with van der Waals surface area (Å²) in [6, 6.07) is 8.94. The second-order valence-electron chi connectivity index (χ2n) is 7.01. The Balaban J connectivity index is 1.56. The maximum absolute atomic E-state index is 14.0. The van der Waals surface area contributed by atoms with Crippen LogP contribution in [0.5, 0.6) is 5.75 Å². The lowest BCUT2D eigenvalue weighted by Gasteiger charge is -2.30. The number of benzene rings is 2. The largest absolute Gasteiger partial charge is 0.487 e. The van der Waals surface area contributed by atoms with Crippen molar-refractivity contribution in [2.24, 2.45) is 0 Å². The Hall–Kier alpha value is -1.98. The predicted octanol–water partition coefficient (Wildman–Crippen LogP) is 4.48. The molecule has 0 saturated carbocycles. The molecule has 2 aromatic carbocycles. The Kier molecular flexibility index (Phi) is 4.01. The van der Waals surface area contributed by atoms with Crippen LogP contribution in [-0.4, -0.2) is 24.6 Å². The highest BCUT2D eigenvalue weighted by molar-refractivity contribution is 5.66. The second-order valence-corrected chi connectivity index (χ2v) is 7.01. The summed E-state index contributed by atoms with van der Waals surface area (Å²) >= 11 is 0. The van der Waals surface area contributed by atoms with Crippen molar-refractivity contribution < 1.29 is 23.0 Å². The SMILES string of the molecule is CC1(C)OC[C@H]([C@H]2CCc3cc(-c4cc(F)ccc4F)ccc3O2)O1. The van der Waals surface area contributed by atoms with Crippen LogP contribution < -0.4 is 4.74 Å². The molecule has 25 heavy (non-hydrogen) atoms. The Morgan fingerprint density at radius 3 is 2.64 bits per heavy atom. The first kappa shape index (κ1) is 16.5. The third-order valence-corrected chi connectivity index (χ3v) is 4.72. The zero-order valence-electron chi connectivity index (χ0n) is 14.2. The van der Waals surface area contributed by atoms with E-state index < -0.39 is 17.4 Å². The summed E-state index contributed by atoms with van der Waals surface area (Å²) in [5.41, 5.74) is 1.91. The van der Waals surface area contributed by atoms with Crippen molar-refractivity contribution in [2.75, 3.05) is 6.61 Å². The molecule has 2 heterocycles. The molecule has 132 valence electrons. The van der Waals surface area contributed by atoms with Crippen LogP contribution >= 0.6 is 0 Å². The van der Waals surface area contributed by atoms with Gasteiger partial charge in [-0.2, -0.15) is 0 Å². The number of ether oxygens (including phenoxy) is 3. The molecular weight excluding hydrogens is 326 g/mol. The van der Waals surface area contributed by atoms with Crippen molar-refractivity contribution in [3.8, 4) is 16.9 Å². The van der Waals surface area contributed by atoms with Crippen molar-refractivity contribution in [3.63, 3.8) is 0 Å². The molecule has 1 fully saturated rings. The van der Waals surface area contributed by atoms with E-state index in [1.54, 1.807) is 6.07 Å². The number of hydrogen-bond acceptors (Lipinski definition) is 3. The van der Waals surface area contributed by atoms with Gasteiger partial charge in [0.1, 0.15) is 29.6 Å². The smallest absolute Gasteiger partial charge is 0.163 e. The van der Waals surface area contributed by atoms with Gasteiger partial charge < -0.3 is 14.2 Å². The van der Waals surface area contributed by atoms with E-state index in [-0.39, 0.29) is 17.8 Å². The minimum absolute atomic E-state index is 0.0639. The van der Waals surface area contributed by atoms with Crippen LogP contribution in [0.3, 0.4) is 0 Å². The molecule has 2 aliphatic heterocycles. The Morgan fingerprint density at radius 2 is 1.88 bits per heavy atom. The fraction of sp³-hybridized carbons (Fsp3) is 0.400. The standard InChI is InChI=1S/C20H20F2O3/c1-20(2)23-11-19(25-20)18-8-4-13-9-12(3-7-17(13)24-18)15-10-14(21)5-6-16(15)22/h3,5-7,9-10,18-19H,4,8,11H2,1-2H3/t18-,19-/m1/s1. The van der Waals surface area contributed by atoms with Gasteiger partial charge in [0, 0.05) is 5.56 Å². The van der Waals surface area contributed by atoms with Gasteiger partial charge in [0.15, 0.2) is 5.79 Å². The molecule has 0 unspecified atom stereocenters. The molecule has 2 aliphatic rings. The molecule has 0 spiro atoms. The lowest BCUT2D eigenvalue weighted by Crippen LogP contribution is -2.37. The summed E-state index contributed by atoms with van der Waals surface area (Å²) in [7, 11) is 0. The van der Waals surface area contributed by atoms with Crippen LogP contribution in [0.1, 0.15) is 25.8 Å². The first-order valence-corrected chi connectivity index (χ1v) is 8.48. The molecule has 5 heteroatoms. The van der Waals surface area contributed by atoms with Gasteiger partial charge in [-0.15, -0.1) is 0 Å². The Labute approximate surface area is 145 Å². The number of halogens is 2. The molecule has 0 radical (unpaired) electrons. The predicted molar refractivity (Wildman–Crippen MR) is 89.4 cm³/mol. The molecule has 1 saturated heterocycles. The first-order valence-electron chi connectivity index (χ1n) is 8.48. The van der Waals surface area contributed by atoms with Gasteiger partial charge in [0.25, 0.3) is 0 Å². The maximum atomic E-state index is 14.0. The molecule has 2 aromatic rings. The fourth-order valence-corrected chi connectivity index (χ4v) is 3.46. The number of fused-ring (bicyclic) bond motifs is 1. The molecule has 3 nitrogen and oxygen atoms in total. The summed E-state index contributed by atoms with van der Waals surface area (Å²) in [5, 5.41) is 0. The van der Waals surface area contributed by atoms with Gasteiger partial charge in [-0.25, -0.2) is 8.78 Å². The van der Waals surface area contributed by atoms with Crippen molar-refractivity contribution in [1.82, 2.24) is 0 Å². The summed E-state index contributed by atoms with van der Waals surface area (Å²) < 4.78 is 45.0. The zero-order chi connectivity index (χ0) is 17.6. The second kappa shape index (κ2) is 6.07. The molecule has 0 amide bonds. The molecule has 0 aromatic heterocycles. The molecule has 0 bridgehead atoms. The Bertz CT molecular complexity index is 804. The maximum Gasteiger partial charge on any atom is 0.163 e. The lowest BCUT2D eigenvalue weighted by atomic mass is 9.95. The summed E-state index contributed by atoms with van der Waals surface area (Å²) in [4.78, 5) is 0. The van der Waals surface area contributed by atoms with Gasteiger partial charge in [0.2, 0.25) is 0 Å². The van der Waals surface area contributed by atoms with E-state index >= 15 is 0 Å². The minimum atomic E-state index is -0.576. The molecule has 4 rings (SSSR count). The van der Waals surface area contributed by atoms with Crippen molar-refractivity contribution in [1.29, 1.82) is 0 Å². The van der Waals surface area contributed by atoms with Crippen LogP contribution in [0.25, 0.3) is 11.1 Å². The number of aryl methyl sites for hydroxylation is 1. The highest BCUT2D eigenvalue weighted by Crippen LogP contribution is 2.36. The van der Waals surface area contributed by atoms with Crippen molar-refractivity contribution >= 4 is 0 Å². The van der Waals surface area contributed by atoms with Crippen molar-refractivity contribution in [3.05, 3.63) is 53.6 Å². The summed E-state index contributed by atoms with van der Waals surface area (Å²) in [5.74, 6) is -0.696. The van der Waals surface area contributed by atoms with Crippen LogP contribution in [0, 0.1) is 11.6 Å². The van der Waals surface area contributed by atoms with Crippen molar-refractivity contribution in [2.45, 2.75) is 44.7 Å². The van der Waals surface area contributed by atoms with Gasteiger partial charge >= 0.3 is 0 Å². The van der Waals surface area contributed by atoms with Crippen LogP contribution in [0.4, 0.5) is 8.78 Å². The third-order valence-electron chi connectivity index (χ3n) is 4.72. The Morgan fingerprint density at radius 1 is 1.04 bits per heavy atom. The van der Waals surface area contributed by atoms with E-state index in [0.29, 0.717) is 12.2 Å². The van der Waals surface area contributed by atoms with Crippen LogP contribution in [0.15, 0.2) is 36.4 Å². The van der Waals surface area contributed by atoms with Gasteiger partial charge in [0.05, 0.1) is 6.61 Å². The van der Waals surface area contributed by atoms with E-state index in [4.69, 9.17) is 14.2 Å². The van der Waals surface area contributed by atoms with Gasteiger partial charge in [-0.1, -0.05) is 6.07 Å². The monoisotopic (exact) mass is 346 g/mol. The molecule has 0 aliphatic carbocycles. The lowest BCUT2D eigenvalue weighted by molar-refractivity contribution is -0.149. The average molecular weight is 346 g/mol. The fourth-order valence-electron chi connectivity index (χ4n) is 3.46. The molecule has 2 atom stereocenters. The van der Waals surface area contributed by atoms with Crippen LogP contribution in [-0.2, 0) is 15.9 Å². The summed E-state index contributed by atoms with van der Waals surface area (Å²) in [6.45, 7) is 4.30. The first-order chi connectivity index (χ1) is 11.9. The van der Waals surface area contributed by atoms with Gasteiger partial charge in [-0.3, -0.25) is 0 Å². The van der Waals surface area contributed by atoms with E-state index in [9.17, 15) is 8.78 Å². The quantitative estimate of drug-likeness (QED) is 0.803. The zero-order valence-corrected chi connectivity index (χ0v) is 14.2. The highest BCUT2D eigenvalue weighted by atomic mass is 19.1.